The monoisotopic (exact) mass is 330 g/mol. The minimum absolute atomic E-state index is 0.0293. The van der Waals surface area contributed by atoms with E-state index in [1.54, 1.807) is 30.3 Å². The number of nitrogens with one attached hydrogen (secondary N) is 1. The molecule has 0 heterocycles. The first-order chi connectivity index (χ1) is 11.6. The number of methoxy groups -OCH3 is 3. The van der Waals surface area contributed by atoms with Gasteiger partial charge in [-0.1, -0.05) is 0 Å². The molecular weight excluding hydrogens is 312 g/mol. The lowest BCUT2D eigenvalue weighted by Crippen LogP contribution is -2.18. The maximum absolute atomic E-state index is 12.2. The van der Waals surface area contributed by atoms with E-state index in [9.17, 15) is 9.90 Å². The van der Waals surface area contributed by atoms with E-state index in [-0.39, 0.29) is 5.75 Å². The zero-order valence-electron chi connectivity index (χ0n) is 13.6. The second-order valence-corrected chi connectivity index (χ2v) is 4.70. The van der Waals surface area contributed by atoms with Gasteiger partial charge in [0.2, 0.25) is 0 Å². The summed E-state index contributed by atoms with van der Waals surface area (Å²) in [6, 6.07) is 9.58. The lowest BCUT2D eigenvalue weighted by molar-refractivity contribution is 0.0952. The summed E-state index contributed by atoms with van der Waals surface area (Å²) in [5, 5.41) is 13.4. The van der Waals surface area contributed by atoms with Gasteiger partial charge in [-0.2, -0.15) is 5.10 Å². The number of amides is 1. The molecule has 0 bridgehead atoms. The summed E-state index contributed by atoms with van der Waals surface area (Å²) in [6.45, 7) is 0. The summed E-state index contributed by atoms with van der Waals surface area (Å²) in [7, 11) is 4.45. The number of aromatic hydroxyl groups is 1. The fraction of sp³-hybridized carbons (Fsp3) is 0.176. The SMILES string of the molecule is COc1ccc(C(=O)N/N=C\c2ccc(O)c(OC)c2)c(OC)c1. The predicted octanol–water partition coefficient (Wildman–Crippen LogP) is 2.18. The number of hydrogen-bond donors (Lipinski definition) is 2. The first-order valence-corrected chi connectivity index (χ1v) is 7.01. The molecule has 0 saturated carbocycles. The Bertz CT molecular complexity index is 759. The minimum atomic E-state index is -0.420. The Morgan fingerprint density at radius 1 is 1.04 bits per heavy atom. The van der Waals surface area contributed by atoms with Gasteiger partial charge in [-0.25, -0.2) is 5.43 Å². The van der Waals surface area contributed by atoms with Crippen LogP contribution in [0, 0.1) is 0 Å². The maximum atomic E-state index is 12.2. The number of ether oxygens (including phenoxy) is 3. The van der Waals surface area contributed by atoms with Crippen LogP contribution in [0.2, 0.25) is 0 Å². The highest BCUT2D eigenvalue weighted by Crippen LogP contribution is 2.26. The Kier molecular flexibility index (Phi) is 5.62. The van der Waals surface area contributed by atoms with Gasteiger partial charge >= 0.3 is 0 Å². The molecule has 0 saturated heterocycles. The largest absolute Gasteiger partial charge is 0.504 e. The van der Waals surface area contributed by atoms with E-state index >= 15 is 0 Å². The molecule has 2 aromatic rings. The van der Waals surface area contributed by atoms with Crippen molar-refractivity contribution in [1.82, 2.24) is 5.43 Å². The Hall–Kier alpha value is -3.22. The Labute approximate surface area is 139 Å². The van der Waals surface area contributed by atoms with Gasteiger partial charge in [0.15, 0.2) is 11.5 Å². The van der Waals surface area contributed by atoms with E-state index in [1.165, 1.54) is 33.6 Å². The lowest BCUT2D eigenvalue weighted by atomic mass is 10.2. The molecule has 0 fully saturated rings. The van der Waals surface area contributed by atoms with Gasteiger partial charge in [-0.3, -0.25) is 4.79 Å². The fourth-order valence-corrected chi connectivity index (χ4v) is 1.99. The molecule has 24 heavy (non-hydrogen) atoms. The van der Waals surface area contributed by atoms with Gasteiger partial charge in [-0.15, -0.1) is 0 Å². The quantitative estimate of drug-likeness (QED) is 0.626. The molecule has 1 amide bonds. The normalized spacial score (nSPS) is 10.5. The number of carbonyl (C=O) groups is 1. The Balaban J connectivity index is 2.10. The summed E-state index contributed by atoms with van der Waals surface area (Å²) < 4.78 is 15.3. The van der Waals surface area contributed by atoms with Crippen molar-refractivity contribution in [3.63, 3.8) is 0 Å². The molecule has 0 aromatic heterocycles. The standard InChI is InChI=1S/C17H18N2O5/c1-22-12-5-6-13(15(9-12)23-2)17(21)19-18-10-11-4-7-14(20)16(8-11)24-3/h4-10,20H,1-3H3,(H,19,21)/b18-10-. The van der Waals surface area contributed by atoms with E-state index in [4.69, 9.17) is 14.2 Å². The minimum Gasteiger partial charge on any atom is -0.504 e. The van der Waals surface area contributed by atoms with Crippen LogP contribution in [0.25, 0.3) is 0 Å². The number of carbonyl (C=O) groups excluding carboxylic acids is 1. The summed E-state index contributed by atoms with van der Waals surface area (Å²) >= 11 is 0. The molecule has 0 unspecified atom stereocenters. The number of rotatable bonds is 6. The molecule has 0 aliphatic heterocycles. The van der Waals surface area contributed by atoms with E-state index in [0.29, 0.717) is 28.4 Å². The third-order valence-corrected chi connectivity index (χ3v) is 3.24. The lowest BCUT2D eigenvalue weighted by Gasteiger charge is -2.09. The van der Waals surface area contributed by atoms with Gasteiger partial charge in [0.05, 0.1) is 33.1 Å². The smallest absolute Gasteiger partial charge is 0.275 e. The van der Waals surface area contributed by atoms with Crippen molar-refractivity contribution in [3.05, 3.63) is 47.5 Å². The van der Waals surface area contributed by atoms with Crippen LogP contribution in [0.15, 0.2) is 41.5 Å². The molecule has 126 valence electrons. The van der Waals surface area contributed by atoms with Crippen LogP contribution in [0.1, 0.15) is 15.9 Å². The Morgan fingerprint density at radius 3 is 2.46 bits per heavy atom. The van der Waals surface area contributed by atoms with Crippen molar-refractivity contribution < 1.29 is 24.1 Å². The van der Waals surface area contributed by atoms with Gasteiger partial charge in [-0.05, 0) is 35.9 Å². The molecule has 0 aliphatic rings. The number of benzene rings is 2. The summed E-state index contributed by atoms with van der Waals surface area (Å²) in [5.41, 5.74) is 3.41. The summed E-state index contributed by atoms with van der Waals surface area (Å²) in [4.78, 5) is 12.2. The average molecular weight is 330 g/mol. The van der Waals surface area contributed by atoms with Crippen LogP contribution in [0.3, 0.4) is 0 Å². The van der Waals surface area contributed by atoms with E-state index in [1.807, 2.05) is 0 Å². The second kappa shape index (κ2) is 7.87. The van der Waals surface area contributed by atoms with Crippen molar-refractivity contribution in [3.8, 4) is 23.0 Å². The topological polar surface area (TPSA) is 89.4 Å². The molecule has 7 heteroatoms. The molecular formula is C17H18N2O5. The molecule has 2 aromatic carbocycles. The van der Waals surface area contributed by atoms with Crippen LogP contribution in [-0.4, -0.2) is 38.6 Å². The highest BCUT2D eigenvalue weighted by Gasteiger charge is 2.12. The molecule has 0 atom stereocenters. The molecule has 0 spiro atoms. The number of hydrogen-bond acceptors (Lipinski definition) is 6. The third kappa shape index (κ3) is 3.95. The van der Waals surface area contributed by atoms with E-state index in [0.717, 1.165) is 0 Å². The predicted molar refractivity (Wildman–Crippen MR) is 89.3 cm³/mol. The molecule has 2 N–H and O–H groups in total. The molecule has 7 nitrogen and oxygen atoms in total. The van der Waals surface area contributed by atoms with Crippen molar-refractivity contribution in [2.24, 2.45) is 5.10 Å². The van der Waals surface area contributed by atoms with E-state index in [2.05, 4.69) is 10.5 Å². The van der Waals surface area contributed by atoms with Crippen LogP contribution < -0.4 is 19.6 Å². The fourth-order valence-electron chi connectivity index (χ4n) is 1.99. The van der Waals surface area contributed by atoms with Crippen LogP contribution >= 0.6 is 0 Å². The van der Waals surface area contributed by atoms with Crippen LogP contribution in [-0.2, 0) is 0 Å². The highest BCUT2D eigenvalue weighted by molar-refractivity contribution is 5.97. The molecule has 0 aliphatic carbocycles. The van der Waals surface area contributed by atoms with Crippen molar-refractivity contribution in [2.75, 3.05) is 21.3 Å². The third-order valence-electron chi connectivity index (χ3n) is 3.24. The number of nitrogens with zero attached hydrogens (tertiary/aromatic N) is 1. The van der Waals surface area contributed by atoms with Crippen LogP contribution in [0.5, 0.6) is 23.0 Å². The maximum Gasteiger partial charge on any atom is 0.275 e. The first kappa shape index (κ1) is 17.1. The highest BCUT2D eigenvalue weighted by atomic mass is 16.5. The van der Waals surface area contributed by atoms with Crippen molar-refractivity contribution >= 4 is 12.1 Å². The molecule has 0 radical (unpaired) electrons. The number of hydrazone groups is 1. The number of phenolic OH excluding ortho intramolecular Hbond substituents is 1. The zero-order chi connectivity index (χ0) is 17.5. The van der Waals surface area contributed by atoms with Gasteiger partial charge < -0.3 is 19.3 Å². The average Bonchev–Trinajstić information content (AvgIpc) is 2.62. The van der Waals surface area contributed by atoms with Crippen molar-refractivity contribution in [1.29, 1.82) is 0 Å². The van der Waals surface area contributed by atoms with Crippen molar-refractivity contribution in [2.45, 2.75) is 0 Å². The zero-order valence-corrected chi connectivity index (χ0v) is 13.6. The van der Waals surface area contributed by atoms with Crippen LogP contribution in [0.4, 0.5) is 0 Å². The Morgan fingerprint density at radius 2 is 1.79 bits per heavy atom. The number of phenols is 1. The van der Waals surface area contributed by atoms with Gasteiger partial charge in [0, 0.05) is 6.07 Å². The van der Waals surface area contributed by atoms with Gasteiger partial charge in [0.25, 0.3) is 5.91 Å². The summed E-state index contributed by atoms with van der Waals surface area (Å²) in [5.74, 6) is 0.900. The molecule has 2 rings (SSSR count). The van der Waals surface area contributed by atoms with E-state index < -0.39 is 5.91 Å². The second-order valence-electron chi connectivity index (χ2n) is 4.70. The first-order valence-electron chi connectivity index (χ1n) is 7.01. The van der Waals surface area contributed by atoms with Gasteiger partial charge in [0.1, 0.15) is 11.5 Å². The summed E-state index contributed by atoms with van der Waals surface area (Å²) in [6.07, 6.45) is 1.44.